The van der Waals surface area contributed by atoms with E-state index in [0.29, 0.717) is 16.8 Å². The largest absolute Gasteiger partial charge is 0.510 e. The molecule has 0 bridgehead atoms. The number of nitrogen functional groups attached to an aromatic ring is 1. The number of oxime groups is 1. The fraction of sp³-hybridized carbons (Fsp3) is 0.481. The van der Waals surface area contributed by atoms with Crippen molar-refractivity contribution in [3.05, 3.63) is 45.4 Å². The number of likely N-dealkylation sites (N-methyl/N-ethyl adjacent to an activating group) is 1. The van der Waals surface area contributed by atoms with Crippen molar-refractivity contribution in [2.24, 2.45) is 22.7 Å². The fourth-order valence-electron chi connectivity index (χ4n) is 5.92. The van der Waals surface area contributed by atoms with E-state index in [1.807, 2.05) is 20.8 Å². The summed E-state index contributed by atoms with van der Waals surface area (Å²) in [6.45, 7) is 7.12. The lowest BCUT2D eigenvalue weighted by molar-refractivity contribution is -0.148. The number of carbonyl (C=O) groups is 3. The van der Waals surface area contributed by atoms with E-state index < -0.39 is 69.4 Å². The van der Waals surface area contributed by atoms with Gasteiger partial charge in [0.05, 0.1) is 23.0 Å². The van der Waals surface area contributed by atoms with Crippen LogP contribution in [0.2, 0.25) is 0 Å². The first kappa shape index (κ1) is 28.1. The van der Waals surface area contributed by atoms with Gasteiger partial charge < -0.3 is 36.7 Å². The van der Waals surface area contributed by atoms with Crippen LogP contribution in [0.15, 0.2) is 33.9 Å². The normalized spacial score (nSPS) is 27.4. The summed E-state index contributed by atoms with van der Waals surface area (Å²) < 4.78 is 0. The van der Waals surface area contributed by atoms with E-state index in [4.69, 9.17) is 16.3 Å². The Balaban J connectivity index is 1.95. The molecule has 0 aromatic heterocycles. The molecule has 0 spiro atoms. The molecule has 4 rings (SSSR count). The molecule has 4 atom stereocenters. The average molecular weight is 543 g/mol. The van der Waals surface area contributed by atoms with Gasteiger partial charge in [-0.25, -0.2) is 0 Å². The number of nitrogens with zero attached hydrogens (tertiary/aromatic N) is 2. The van der Waals surface area contributed by atoms with E-state index in [9.17, 15) is 34.8 Å². The Bertz CT molecular complexity index is 1400. The Kier molecular flexibility index (Phi) is 6.56. The van der Waals surface area contributed by atoms with Crippen LogP contribution in [-0.4, -0.2) is 79.9 Å². The van der Waals surface area contributed by atoms with Gasteiger partial charge in [0.1, 0.15) is 28.4 Å². The zero-order chi connectivity index (χ0) is 29.4. The molecule has 210 valence electrons. The predicted molar refractivity (Wildman–Crippen MR) is 141 cm³/mol. The van der Waals surface area contributed by atoms with Crippen LogP contribution < -0.4 is 11.5 Å². The summed E-state index contributed by atoms with van der Waals surface area (Å²) in [7, 11) is 3.14. The van der Waals surface area contributed by atoms with Crippen LogP contribution in [0.5, 0.6) is 5.75 Å². The number of aromatic hydroxyl groups is 1. The summed E-state index contributed by atoms with van der Waals surface area (Å²) >= 11 is 0. The summed E-state index contributed by atoms with van der Waals surface area (Å²) in [4.78, 5) is 46.3. The van der Waals surface area contributed by atoms with Crippen LogP contribution >= 0.6 is 0 Å². The second-order valence-corrected chi connectivity index (χ2v) is 11.6. The molecular formula is C27H34N4O8. The Hall–Kier alpha value is -3.90. The molecule has 39 heavy (non-hydrogen) atoms. The monoisotopic (exact) mass is 542 g/mol. The number of nitrogens with two attached hydrogens (primary N) is 2. The molecule has 8 N–H and O–H groups in total. The number of anilines is 1. The van der Waals surface area contributed by atoms with Crippen molar-refractivity contribution in [1.29, 1.82) is 0 Å². The highest BCUT2D eigenvalue weighted by Gasteiger charge is 2.63. The Morgan fingerprint density at radius 3 is 2.36 bits per heavy atom. The zero-order valence-corrected chi connectivity index (χ0v) is 22.7. The van der Waals surface area contributed by atoms with Gasteiger partial charge in [-0.1, -0.05) is 5.16 Å². The maximum Gasteiger partial charge on any atom is 0.255 e. The molecule has 3 aliphatic rings. The maximum absolute atomic E-state index is 13.9. The summed E-state index contributed by atoms with van der Waals surface area (Å²) in [6.07, 6.45) is 0.0884. The van der Waals surface area contributed by atoms with E-state index in [1.165, 1.54) is 11.0 Å². The average Bonchev–Trinajstić information content (AvgIpc) is 2.81. The number of allylic oxidation sites excluding steroid dienone is 1. The first-order valence-electron chi connectivity index (χ1n) is 12.5. The molecule has 1 aromatic rings. The predicted octanol–water partition coefficient (Wildman–Crippen LogP) is 1.24. The number of fused-ring (bicyclic) bond motifs is 3. The Morgan fingerprint density at radius 2 is 1.82 bits per heavy atom. The lowest BCUT2D eigenvalue weighted by Crippen LogP contribution is -2.63. The van der Waals surface area contributed by atoms with Crippen molar-refractivity contribution < 1.29 is 39.6 Å². The first-order valence-corrected chi connectivity index (χ1v) is 12.5. The van der Waals surface area contributed by atoms with Gasteiger partial charge in [0.25, 0.3) is 5.91 Å². The van der Waals surface area contributed by atoms with Crippen LogP contribution in [-0.2, 0) is 20.8 Å². The summed E-state index contributed by atoms with van der Waals surface area (Å²) in [5.41, 5.74) is 7.94. The van der Waals surface area contributed by atoms with Crippen molar-refractivity contribution in [2.75, 3.05) is 19.8 Å². The minimum atomic E-state index is -2.71. The standard InChI is InChI=1S/C27H34N4O8/c1-10(30-39-26(2,3)4)12-9-15(28)20(32)17-13(12)7-11-8-14-19(31(5)6)22(34)18(25(29)37)24(36)27(14,38)23(35)16(11)21(17)33/h9,11,14,19,32,34-35,38H,7-8,28H2,1-6H3,(H2,29,37)/b30-10-/t11-,14-,19-,27-/m0/s1. The van der Waals surface area contributed by atoms with E-state index in [1.54, 1.807) is 21.0 Å². The second kappa shape index (κ2) is 9.09. The molecule has 0 fully saturated rings. The molecule has 1 aromatic carbocycles. The number of primary amides is 1. The molecule has 0 saturated heterocycles. The number of phenolic OH excluding ortho intramolecular Hbond substituents is 1. The topological polar surface area (TPSA) is 209 Å². The van der Waals surface area contributed by atoms with Crippen LogP contribution in [0.4, 0.5) is 5.69 Å². The maximum atomic E-state index is 13.9. The van der Waals surface area contributed by atoms with Crippen LogP contribution in [0.3, 0.4) is 0 Å². The number of benzene rings is 1. The summed E-state index contributed by atoms with van der Waals surface area (Å²) in [5.74, 6) is -7.30. The third kappa shape index (κ3) is 4.14. The molecule has 0 aliphatic heterocycles. The van der Waals surface area contributed by atoms with E-state index in [-0.39, 0.29) is 29.7 Å². The first-order chi connectivity index (χ1) is 17.9. The highest BCUT2D eigenvalue weighted by atomic mass is 16.6. The highest BCUT2D eigenvalue weighted by Crippen LogP contribution is 2.53. The van der Waals surface area contributed by atoms with Crippen molar-refractivity contribution in [3.8, 4) is 5.75 Å². The van der Waals surface area contributed by atoms with Gasteiger partial charge in [-0.15, -0.1) is 0 Å². The van der Waals surface area contributed by atoms with E-state index in [0.717, 1.165) is 0 Å². The molecule has 3 aliphatic carbocycles. The molecule has 1 amide bonds. The van der Waals surface area contributed by atoms with Gasteiger partial charge in [-0.3, -0.25) is 19.3 Å². The number of Topliss-reactive ketones (excluding diaryl/α,β-unsaturated/α-hetero) is 2. The molecular weight excluding hydrogens is 508 g/mol. The van der Waals surface area contributed by atoms with Gasteiger partial charge in [-0.2, -0.15) is 0 Å². The summed E-state index contributed by atoms with van der Waals surface area (Å²) in [6, 6.07) is 0.415. The third-order valence-corrected chi connectivity index (χ3v) is 7.60. The third-order valence-electron chi connectivity index (χ3n) is 7.60. The van der Waals surface area contributed by atoms with Crippen LogP contribution in [0.25, 0.3) is 0 Å². The van der Waals surface area contributed by atoms with Gasteiger partial charge in [0, 0.05) is 17.1 Å². The Morgan fingerprint density at radius 1 is 1.21 bits per heavy atom. The zero-order valence-electron chi connectivity index (χ0n) is 22.7. The molecule has 0 unspecified atom stereocenters. The lowest BCUT2D eigenvalue weighted by atomic mass is 9.58. The quantitative estimate of drug-likeness (QED) is 0.105. The number of hydrogen-bond donors (Lipinski definition) is 6. The van der Waals surface area contributed by atoms with Crippen LogP contribution in [0, 0.1) is 11.8 Å². The van der Waals surface area contributed by atoms with Crippen molar-refractivity contribution in [2.45, 2.75) is 57.8 Å². The molecule has 12 nitrogen and oxygen atoms in total. The van der Waals surface area contributed by atoms with Gasteiger partial charge >= 0.3 is 0 Å². The van der Waals surface area contributed by atoms with Gasteiger partial charge in [0.15, 0.2) is 11.4 Å². The second-order valence-electron chi connectivity index (χ2n) is 11.6. The molecule has 12 heteroatoms. The molecule has 0 radical (unpaired) electrons. The molecule has 0 saturated carbocycles. The number of ketones is 2. The number of aliphatic hydroxyl groups excluding tert-OH is 2. The number of aliphatic hydroxyl groups is 3. The van der Waals surface area contributed by atoms with Gasteiger partial charge in [0.2, 0.25) is 5.78 Å². The van der Waals surface area contributed by atoms with E-state index in [2.05, 4.69) is 5.16 Å². The number of amides is 1. The van der Waals surface area contributed by atoms with Gasteiger partial charge in [-0.05, 0) is 72.2 Å². The van der Waals surface area contributed by atoms with Crippen molar-refractivity contribution in [3.63, 3.8) is 0 Å². The number of phenols is 1. The van der Waals surface area contributed by atoms with Crippen molar-refractivity contribution >= 4 is 28.9 Å². The lowest BCUT2D eigenvalue weighted by Gasteiger charge is -2.50. The SMILES string of the molecule is C/C(=N/OC(C)(C)C)c1cc(N)c(O)c2c1C[C@H]1C[C@H]3[C@H](N(C)C)C(O)=C(C(N)=O)C(=O)[C@@]3(O)C(O)=C1C2=O. The Labute approximate surface area is 225 Å². The number of hydrogen-bond acceptors (Lipinski definition) is 11. The van der Waals surface area contributed by atoms with Crippen molar-refractivity contribution in [1.82, 2.24) is 4.90 Å². The minimum Gasteiger partial charge on any atom is -0.510 e. The van der Waals surface area contributed by atoms with Crippen LogP contribution in [0.1, 0.15) is 55.6 Å². The number of carbonyl (C=O) groups excluding carboxylic acids is 3. The number of rotatable bonds is 4. The minimum absolute atomic E-state index is 0.0228. The highest BCUT2D eigenvalue weighted by molar-refractivity contribution is 6.25. The van der Waals surface area contributed by atoms with E-state index >= 15 is 0 Å². The summed E-state index contributed by atoms with van der Waals surface area (Å²) in [5, 5.41) is 48.9. The smallest absolute Gasteiger partial charge is 0.255 e. The fourth-order valence-corrected chi connectivity index (χ4v) is 5.92. The molecule has 0 heterocycles.